The van der Waals surface area contributed by atoms with Crippen LogP contribution in [-0.4, -0.2) is 27.8 Å². The van der Waals surface area contributed by atoms with Crippen LogP contribution in [0.25, 0.3) is 0 Å². The van der Waals surface area contributed by atoms with Gasteiger partial charge in [0.2, 0.25) is 0 Å². The molecule has 0 spiro atoms. The van der Waals surface area contributed by atoms with E-state index in [1.807, 2.05) is 0 Å². The lowest BCUT2D eigenvalue weighted by Gasteiger charge is -2.04. The first-order valence-corrected chi connectivity index (χ1v) is 5.57. The van der Waals surface area contributed by atoms with Crippen molar-refractivity contribution < 1.29 is 14.1 Å². The van der Waals surface area contributed by atoms with Gasteiger partial charge in [0.1, 0.15) is 23.8 Å². The Balaban J connectivity index is 2.34. The Morgan fingerprint density at radius 1 is 1.50 bits per heavy atom. The molecule has 2 aromatic rings. The fourth-order valence-corrected chi connectivity index (χ4v) is 1.49. The van der Waals surface area contributed by atoms with Crippen LogP contribution in [0.5, 0.6) is 0 Å². The highest BCUT2D eigenvalue weighted by Gasteiger charge is 2.22. The zero-order valence-corrected chi connectivity index (χ0v) is 10.7. The van der Waals surface area contributed by atoms with Crippen LogP contribution in [0.15, 0.2) is 22.9 Å². The number of nitro groups is 1. The molecule has 0 saturated carbocycles. The number of hydrogen-bond donors (Lipinski definition) is 2. The summed E-state index contributed by atoms with van der Waals surface area (Å²) in [6.45, 7) is 1.69. The average Bonchev–Trinajstić information content (AvgIpc) is 2.83. The third-order valence-corrected chi connectivity index (χ3v) is 2.42. The van der Waals surface area contributed by atoms with Gasteiger partial charge in [-0.05, 0) is 6.92 Å². The number of amides is 1. The Kier molecular flexibility index (Phi) is 3.60. The van der Waals surface area contributed by atoms with Crippen LogP contribution < -0.4 is 10.6 Å². The first-order chi connectivity index (χ1) is 9.51. The molecule has 0 saturated heterocycles. The third-order valence-electron chi connectivity index (χ3n) is 2.42. The van der Waals surface area contributed by atoms with E-state index in [2.05, 4.69) is 20.6 Å². The minimum atomic E-state index is -0.697. The number of nitrogens with one attached hydrogen (secondary N) is 2. The zero-order chi connectivity index (χ0) is 14.7. The fourth-order valence-electron chi connectivity index (χ4n) is 1.49. The maximum Gasteiger partial charge on any atom is 0.301 e. The number of oxazole rings is 1. The number of carbonyl (C=O) groups is 1. The molecule has 0 aromatic carbocycles. The Bertz CT molecular complexity index is 667. The highest BCUT2D eigenvalue weighted by molar-refractivity contribution is 6.06. The van der Waals surface area contributed by atoms with Crippen molar-refractivity contribution in [2.75, 3.05) is 17.7 Å². The number of nitrogens with zero attached hydrogens (tertiary/aromatic N) is 3. The quantitative estimate of drug-likeness (QED) is 0.642. The smallest absolute Gasteiger partial charge is 0.301 e. The first kappa shape index (κ1) is 13.5. The highest BCUT2D eigenvalue weighted by atomic mass is 16.6. The van der Waals surface area contributed by atoms with Gasteiger partial charge < -0.3 is 9.73 Å². The van der Waals surface area contributed by atoms with Gasteiger partial charge in [0, 0.05) is 13.1 Å². The molecular weight excluding hydrogens is 266 g/mol. The highest BCUT2D eigenvalue weighted by Crippen LogP contribution is 2.21. The number of anilines is 2. The van der Waals surface area contributed by atoms with Crippen LogP contribution >= 0.6 is 0 Å². The Morgan fingerprint density at radius 2 is 2.25 bits per heavy atom. The van der Waals surface area contributed by atoms with Gasteiger partial charge >= 0.3 is 6.01 Å². The van der Waals surface area contributed by atoms with Crippen molar-refractivity contribution in [3.63, 3.8) is 0 Å². The summed E-state index contributed by atoms with van der Waals surface area (Å²) in [7, 11) is 1.59. The number of aromatic nitrogens is 2. The van der Waals surface area contributed by atoms with E-state index in [9.17, 15) is 14.9 Å². The van der Waals surface area contributed by atoms with E-state index in [0.29, 0.717) is 11.5 Å². The van der Waals surface area contributed by atoms with Gasteiger partial charge in [0.15, 0.2) is 0 Å². The molecule has 0 aliphatic heterocycles. The molecule has 0 bridgehead atoms. The predicted octanol–water partition coefficient (Wildman–Crippen LogP) is 1.58. The first-order valence-electron chi connectivity index (χ1n) is 5.57. The molecular formula is C11H11N5O4. The van der Waals surface area contributed by atoms with Crippen molar-refractivity contribution in [2.45, 2.75) is 6.92 Å². The van der Waals surface area contributed by atoms with E-state index >= 15 is 0 Å². The summed E-state index contributed by atoms with van der Waals surface area (Å²) in [6.07, 6.45) is 2.37. The fraction of sp³-hybridized carbons (Fsp3) is 0.182. The molecule has 2 heterocycles. The van der Waals surface area contributed by atoms with Crippen molar-refractivity contribution in [1.29, 1.82) is 0 Å². The summed E-state index contributed by atoms with van der Waals surface area (Å²) in [5.74, 6) is -0.359. The Hall–Kier alpha value is -2.97. The summed E-state index contributed by atoms with van der Waals surface area (Å²) in [6, 6.07) is 1.26. The van der Waals surface area contributed by atoms with Gasteiger partial charge in [-0.2, -0.15) is 4.98 Å². The molecule has 9 heteroatoms. The number of rotatable bonds is 4. The van der Waals surface area contributed by atoms with Gasteiger partial charge in [-0.25, -0.2) is 4.98 Å². The van der Waals surface area contributed by atoms with Gasteiger partial charge in [-0.1, -0.05) is 0 Å². The van der Waals surface area contributed by atoms with E-state index < -0.39 is 16.5 Å². The van der Waals surface area contributed by atoms with Crippen LogP contribution in [0.2, 0.25) is 0 Å². The molecule has 0 unspecified atom stereocenters. The lowest BCUT2D eigenvalue weighted by Crippen LogP contribution is -2.15. The average molecular weight is 277 g/mol. The van der Waals surface area contributed by atoms with Crippen molar-refractivity contribution in [1.82, 2.24) is 9.97 Å². The molecule has 2 aromatic heterocycles. The monoisotopic (exact) mass is 277 g/mol. The van der Waals surface area contributed by atoms with Crippen LogP contribution in [-0.2, 0) is 0 Å². The van der Waals surface area contributed by atoms with Crippen LogP contribution in [0.3, 0.4) is 0 Å². The molecule has 0 atom stereocenters. The normalized spacial score (nSPS) is 10.1. The van der Waals surface area contributed by atoms with Crippen LogP contribution in [0.1, 0.15) is 16.1 Å². The third kappa shape index (κ3) is 2.71. The van der Waals surface area contributed by atoms with Crippen LogP contribution in [0.4, 0.5) is 17.5 Å². The standard InChI is InChI=1S/C11H11N5O4/c1-6-5-20-11(14-6)15-10(17)7-3-9(12-2)13-4-8(7)16(18)19/h3-5H,1-2H3,(H,12,13)(H,14,15,17). The lowest BCUT2D eigenvalue weighted by molar-refractivity contribution is -0.385. The van der Waals surface area contributed by atoms with Gasteiger partial charge in [0.25, 0.3) is 11.6 Å². The summed E-state index contributed by atoms with van der Waals surface area (Å²) >= 11 is 0. The number of carbonyl (C=O) groups excluding carboxylic acids is 1. The van der Waals surface area contributed by atoms with Crippen molar-refractivity contribution in [3.8, 4) is 0 Å². The minimum absolute atomic E-state index is 0.0235. The number of aryl methyl sites for hydroxylation is 1. The summed E-state index contributed by atoms with van der Waals surface area (Å²) < 4.78 is 4.97. The maximum atomic E-state index is 12.0. The molecule has 20 heavy (non-hydrogen) atoms. The van der Waals surface area contributed by atoms with Crippen molar-refractivity contribution in [3.05, 3.63) is 39.9 Å². The molecule has 2 N–H and O–H groups in total. The second kappa shape index (κ2) is 5.34. The number of hydrogen-bond acceptors (Lipinski definition) is 7. The predicted molar refractivity (Wildman–Crippen MR) is 69.6 cm³/mol. The molecule has 0 aliphatic rings. The molecule has 0 fully saturated rings. The van der Waals surface area contributed by atoms with E-state index in [4.69, 9.17) is 4.42 Å². The molecule has 0 radical (unpaired) electrons. The van der Waals surface area contributed by atoms with Gasteiger partial charge in [-0.15, -0.1) is 0 Å². The maximum absolute atomic E-state index is 12.0. The number of pyridine rings is 1. The lowest BCUT2D eigenvalue weighted by atomic mass is 10.2. The second-order valence-electron chi connectivity index (χ2n) is 3.84. The minimum Gasteiger partial charge on any atom is -0.432 e. The zero-order valence-electron chi connectivity index (χ0n) is 10.7. The summed E-state index contributed by atoms with van der Waals surface area (Å²) in [4.78, 5) is 30.0. The van der Waals surface area contributed by atoms with E-state index in [1.54, 1.807) is 14.0 Å². The second-order valence-corrected chi connectivity index (χ2v) is 3.84. The van der Waals surface area contributed by atoms with Gasteiger partial charge in [0.05, 0.1) is 10.6 Å². The summed E-state index contributed by atoms with van der Waals surface area (Å²) in [5, 5.41) is 16.0. The molecule has 104 valence electrons. The van der Waals surface area contributed by atoms with E-state index in [0.717, 1.165) is 6.20 Å². The van der Waals surface area contributed by atoms with E-state index in [1.165, 1.54) is 12.3 Å². The molecule has 2 rings (SSSR count). The Labute approximate surface area is 113 Å². The van der Waals surface area contributed by atoms with Crippen LogP contribution in [0, 0.1) is 17.0 Å². The Morgan fingerprint density at radius 3 is 2.80 bits per heavy atom. The molecule has 0 aliphatic carbocycles. The topological polar surface area (TPSA) is 123 Å². The molecule has 9 nitrogen and oxygen atoms in total. The summed E-state index contributed by atoms with van der Waals surface area (Å²) in [5.41, 5.74) is 0.0513. The molecule has 1 amide bonds. The van der Waals surface area contributed by atoms with Crippen molar-refractivity contribution >= 4 is 23.4 Å². The van der Waals surface area contributed by atoms with Crippen molar-refractivity contribution in [2.24, 2.45) is 0 Å². The SMILES string of the molecule is CNc1cc(C(=O)Nc2nc(C)co2)c([N+](=O)[O-])cn1. The van der Waals surface area contributed by atoms with E-state index in [-0.39, 0.29) is 11.6 Å². The largest absolute Gasteiger partial charge is 0.432 e. The van der Waals surface area contributed by atoms with Gasteiger partial charge in [-0.3, -0.25) is 20.2 Å².